The van der Waals surface area contributed by atoms with Crippen molar-refractivity contribution in [1.29, 1.82) is 0 Å². The van der Waals surface area contributed by atoms with Crippen LogP contribution in [0.5, 0.6) is 0 Å². The van der Waals surface area contributed by atoms with Crippen molar-refractivity contribution in [3.8, 4) is 0 Å². The number of hydrogen-bond donors (Lipinski definition) is 0. The number of carbonyl (C=O) groups excluding carboxylic acids is 1. The number of ether oxygens (including phenoxy) is 1. The maximum atomic E-state index is 11.8. The van der Waals surface area contributed by atoms with E-state index < -0.39 is 0 Å². The van der Waals surface area contributed by atoms with Crippen LogP contribution < -0.4 is 0 Å². The molecule has 0 radical (unpaired) electrons. The molecule has 0 N–H and O–H groups in total. The Hall–Kier alpha value is -1.82. The Labute approximate surface area is 130 Å². The number of esters is 1. The van der Waals surface area contributed by atoms with E-state index in [0.717, 1.165) is 9.33 Å². The third-order valence-corrected chi connectivity index (χ3v) is 3.53. The lowest BCUT2D eigenvalue weighted by Crippen LogP contribution is -1.96. The molecule has 0 bridgehead atoms. The number of hydrogen-bond acceptors (Lipinski definition) is 3. The summed E-state index contributed by atoms with van der Waals surface area (Å²) in [5, 5.41) is 0. The molecular formula is C16H11IO3. The minimum atomic E-state index is -0.355. The molecule has 0 saturated heterocycles. The largest absolute Gasteiger partial charge is 0.451 e. The zero-order chi connectivity index (χ0) is 14.1. The van der Waals surface area contributed by atoms with Crippen molar-refractivity contribution in [3.05, 3.63) is 68.7 Å². The normalized spacial score (nSPS) is 16.4. The van der Waals surface area contributed by atoms with Gasteiger partial charge in [0.2, 0.25) is 0 Å². The highest BCUT2D eigenvalue weighted by Gasteiger charge is 2.22. The van der Waals surface area contributed by atoms with Gasteiger partial charge in [0.1, 0.15) is 11.5 Å². The maximum Gasteiger partial charge on any atom is 0.343 e. The van der Waals surface area contributed by atoms with Crippen LogP contribution in [0.1, 0.15) is 16.9 Å². The number of aryl methyl sites for hydroxylation is 1. The van der Waals surface area contributed by atoms with E-state index in [9.17, 15) is 4.79 Å². The molecule has 0 aliphatic carbocycles. The first-order valence-electron chi connectivity index (χ1n) is 6.10. The van der Waals surface area contributed by atoms with Crippen molar-refractivity contribution in [2.24, 2.45) is 0 Å². The van der Waals surface area contributed by atoms with Crippen LogP contribution in [0.2, 0.25) is 0 Å². The van der Waals surface area contributed by atoms with Gasteiger partial charge in [-0.25, -0.2) is 4.79 Å². The van der Waals surface area contributed by atoms with E-state index in [0.29, 0.717) is 17.1 Å². The van der Waals surface area contributed by atoms with Crippen molar-refractivity contribution in [2.45, 2.75) is 6.92 Å². The van der Waals surface area contributed by atoms with Gasteiger partial charge in [0, 0.05) is 5.56 Å². The van der Waals surface area contributed by atoms with Crippen molar-refractivity contribution in [2.75, 3.05) is 0 Å². The van der Waals surface area contributed by atoms with Gasteiger partial charge in [0.15, 0.2) is 3.77 Å². The van der Waals surface area contributed by atoms with Crippen molar-refractivity contribution in [1.82, 2.24) is 0 Å². The fraction of sp³-hybridized carbons (Fsp3) is 0.0625. The van der Waals surface area contributed by atoms with Gasteiger partial charge in [-0.05, 0) is 53.8 Å². The van der Waals surface area contributed by atoms with E-state index in [1.807, 2.05) is 43.3 Å². The smallest absolute Gasteiger partial charge is 0.343 e. The molecule has 1 aromatic heterocycles. The average Bonchev–Trinajstić information content (AvgIpc) is 2.98. The van der Waals surface area contributed by atoms with Gasteiger partial charge in [0.05, 0.1) is 5.57 Å². The van der Waals surface area contributed by atoms with Gasteiger partial charge in [-0.1, -0.05) is 29.8 Å². The molecule has 4 heteroatoms. The number of halogens is 1. The predicted molar refractivity (Wildman–Crippen MR) is 84.7 cm³/mol. The van der Waals surface area contributed by atoms with Crippen molar-refractivity contribution in [3.63, 3.8) is 0 Å². The topological polar surface area (TPSA) is 39.4 Å². The third-order valence-electron chi connectivity index (χ3n) is 2.95. The van der Waals surface area contributed by atoms with E-state index in [4.69, 9.17) is 9.15 Å². The van der Waals surface area contributed by atoms with E-state index in [1.54, 1.807) is 12.2 Å². The molecule has 0 atom stereocenters. The molecular weight excluding hydrogens is 367 g/mol. The maximum absolute atomic E-state index is 11.8. The predicted octanol–water partition coefficient (Wildman–Crippen LogP) is 4.17. The van der Waals surface area contributed by atoms with Gasteiger partial charge in [-0.3, -0.25) is 0 Å². The summed E-state index contributed by atoms with van der Waals surface area (Å²) < 4.78 is 11.5. The van der Waals surface area contributed by atoms with Crippen LogP contribution in [0.4, 0.5) is 0 Å². The van der Waals surface area contributed by atoms with Gasteiger partial charge >= 0.3 is 5.97 Å². The number of carbonyl (C=O) groups is 1. The zero-order valence-electron chi connectivity index (χ0n) is 10.7. The average molecular weight is 378 g/mol. The first kappa shape index (κ1) is 13.2. The standard InChI is InChI=1S/C16H11IO3/c1-10-2-4-11(5-3-10)14-9-12(16(18)20-14)8-13-6-7-15(17)19-13/h2-9H,1H3/b12-8+. The fourth-order valence-corrected chi connectivity index (χ4v) is 2.34. The van der Waals surface area contributed by atoms with Crippen LogP contribution in [-0.4, -0.2) is 5.97 Å². The Bertz CT molecular complexity index is 720. The Morgan fingerprint density at radius 1 is 1.10 bits per heavy atom. The van der Waals surface area contributed by atoms with E-state index in [1.165, 1.54) is 5.56 Å². The van der Waals surface area contributed by atoms with E-state index >= 15 is 0 Å². The summed E-state index contributed by atoms with van der Waals surface area (Å²) in [6.07, 6.45) is 3.42. The zero-order valence-corrected chi connectivity index (χ0v) is 12.9. The van der Waals surface area contributed by atoms with Crippen molar-refractivity contribution >= 4 is 40.4 Å². The van der Waals surface area contributed by atoms with Gasteiger partial charge in [0.25, 0.3) is 0 Å². The van der Waals surface area contributed by atoms with Crippen LogP contribution in [-0.2, 0) is 9.53 Å². The highest BCUT2D eigenvalue weighted by Crippen LogP contribution is 2.28. The summed E-state index contributed by atoms with van der Waals surface area (Å²) in [6, 6.07) is 11.5. The fourth-order valence-electron chi connectivity index (χ4n) is 1.91. The Kier molecular flexibility index (Phi) is 3.48. The Balaban J connectivity index is 1.92. The number of benzene rings is 1. The highest BCUT2D eigenvalue weighted by atomic mass is 127. The molecule has 20 heavy (non-hydrogen) atoms. The Morgan fingerprint density at radius 2 is 1.85 bits per heavy atom. The summed E-state index contributed by atoms with van der Waals surface area (Å²) in [6.45, 7) is 2.02. The quantitative estimate of drug-likeness (QED) is 0.447. The third kappa shape index (κ3) is 2.70. The molecule has 0 fully saturated rings. The minimum absolute atomic E-state index is 0.355. The van der Waals surface area contributed by atoms with Gasteiger partial charge in [-0.2, -0.15) is 0 Å². The summed E-state index contributed by atoms with van der Waals surface area (Å²) in [4.78, 5) is 11.8. The monoisotopic (exact) mass is 378 g/mol. The van der Waals surface area contributed by atoms with Crippen molar-refractivity contribution < 1.29 is 13.9 Å². The lowest BCUT2D eigenvalue weighted by Gasteiger charge is -2.01. The highest BCUT2D eigenvalue weighted by molar-refractivity contribution is 14.1. The molecule has 0 amide bonds. The number of furan rings is 1. The first-order valence-corrected chi connectivity index (χ1v) is 7.18. The molecule has 0 spiro atoms. The summed E-state index contributed by atoms with van der Waals surface area (Å²) >= 11 is 2.08. The minimum Gasteiger partial charge on any atom is -0.451 e. The van der Waals surface area contributed by atoms with Gasteiger partial charge < -0.3 is 9.15 Å². The summed E-state index contributed by atoms with van der Waals surface area (Å²) in [5.41, 5.74) is 2.55. The molecule has 100 valence electrons. The molecule has 0 unspecified atom stereocenters. The van der Waals surface area contributed by atoms with Crippen LogP contribution in [0.25, 0.3) is 11.8 Å². The molecule has 1 aliphatic rings. The second-order valence-electron chi connectivity index (χ2n) is 4.51. The van der Waals surface area contributed by atoms with Crippen LogP contribution in [0.15, 0.2) is 52.5 Å². The Morgan fingerprint density at radius 3 is 2.50 bits per heavy atom. The molecule has 1 aromatic carbocycles. The molecule has 3 rings (SSSR count). The number of cyclic esters (lactones) is 1. The van der Waals surface area contributed by atoms with Gasteiger partial charge in [-0.15, -0.1) is 0 Å². The molecule has 0 saturated carbocycles. The van der Waals surface area contributed by atoms with Crippen LogP contribution >= 0.6 is 22.6 Å². The number of rotatable bonds is 2. The lowest BCUT2D eigenvalue weighted by molar-refractivity contribution is -0.130. The second kappa shape index (κ2) is 5.28. The molecule has 2 aromatic rings. The SMILES string of the molecule is Cc1ccc(C2=C/C(=C\c3ccc(I)o3)C(=O)O2)cc1. The summed E-state index contributed by atoms with van der Waals surface area (Å²) in [5.74, 6) is 0.859. The second-order valence-corrected chi connectivity index (χ2v) is 5.57. The molecule has 2 heterocycles. The van der Waals surface area contributed by atoms with E-state index in [2.05, 4.69) is 22.6 Å². The lowest BCUT2D eigenvalue weighted by atomic mass is 10.1. The van der Waals surface area contributed by atoms with Crippen LogP contribution in [0, 0.1) is 10.7 Å². The summed E-state index contributed by atoms with van der Waals surface area (Å²) in [7, 11) is 0. The van der Waals surface area contributed by atoms with Crippen LogP contribution in [0.3, 0.4) is 0 Å². The molecule has 1 aliphatic heterocycles. The molecule has 3 nitrogen and oxygen atoms in total. The first-order chi connectivity index (χ1) is 9.61. The van der Waals surface area contributed by atoms with E-state index in [-0.39, 0.29) is 5.97 Å².